The molecule has 5 rings (SSSR count). The number of pyridine rings is 1. The number of H-pyrrole nitrogens is 1. The third kappa shape index (κ3) is 7.52. The first kappa shape index (κ1) is 27.9. The summed E-state index contributed by atoms with van der Waals surface area (Å²) >= 11 is 0. The maximum atomic E-state index is 14.9. The predicted molar refractivity (Wildman–Crippen MR) is 156 cm³/mol. The van der Waals surface area contributed by atoms with E-state index in [1.54, 1.807) is 37.7 Å². The van der Waals surface area contributed by atoms with E-state index in [1.807, 2.05) is 12.1 Å². The van der Waals surface area contributed by atoms with E-state index in [0.29, 0.717) is 34.8 Å². The SMILES string of the molecule is COc1cc2c(Oc3ccc(NC(=O)N/N=C/c4ccc[nH]4)cc3F)ccnc2cc1OCCCN1CCCCC1. The number of piperidine rings is 1. The summed E-state index contributed by atoms with van der Waals surface area (Å²) in [5, 5.41) is 7.01. The van der Waals surface area contributed by atoms with E-state index >= 15 is 0 Å². The second-order valence-corrected chi connectivity index (χ2v) is 9.63. The van der Waals surface area contributed by atoms with Crippen molar-refractivity contribution in [3.05, 3.63) is 72.4 Å². The Morgan fingerprint density at radius 2 is 1.98 bits per heavy atom. The number of aromatic amines is 1. The number of benzene rings is 2. The Morgan fingerprint density at radius 3 is 2.76 bits per heavy atom. The molecular formula is C30H33FN6O4. The van der Waals surface area contributed by atoms with Crippen molar-refractivity contribution in [1.29, 1.82) is 0 Å². The summed E-state index contributed by atoms with van der Waals surface area (Å²) in [5.74, 6) is 0.883. The van der Waals surface area contributed by atoms with Gasteiger partial charge in [0, 0.05) is 42.1 Å². The second-order valence-electron chi connectivity index (χ2n) is 9.63. The minimum absolute atomic E-state index is 0.00905. The highest BCUT2D eigenvalue weighted by Crippen LogP contribution is 2.38. The van der Waals surface area contributed by atoms with Gasteiger partial charge in [0.05, 0.1) is 31.1 Å². The van der Waals surface area contributed by atoms with Crippen LogP contribution in [-0.2, 0) is 0 Å². The van der Waals surface area contributed by atoms with Gasteiger partial charge in [0.1, 0.15) is 5.75 Å². The Kier molecular flexibility index (Phi) is 9.27. The Hall–Kier alpha value is -4.64. The third-order valence-corrected chi connectivity index (χ3v) is 6.71. The number of methoxy groups -OCH3 is 1. The van der Waals surface area contributed by atoms with Gasteiger partial charge in [-0.2, -0.15) is 5.10 Å². The van der Waals surface area contributed by atoms with Gasteiger partial charge in [-0.25, -0.2) is 14.6 Å². The third-order valence-electron chi connectivity index (χ3n) is 6.71. The van der Waals surface area contributed by atoms with Crippen LogP contribution >= 0.6 is 0 Å². The molecule has 0 aliphatic carbocycles. The molecule has 214 valence electrons. The van der Waals surface area contributed by atoms with Crippen LogP contribution in [0.15, 0.2) is 66.0 Å². The first-order valence-corrected chi connectivity index (χ1v) is 13.6. The first-order chi connectivity index (χ1) is 20.1. The fourth-order valence-corrected chi connectivity index (χ4v) is 4.67. The molecule has 3 heterocycles. The van der Waals surface area contributed by atoms with Gasteiger partial charge in [0.25, 0.3) is 0 Å². The molecule has 4 aromatic rings. The van der Waals surface area contributed by atoms with Gasteiger partial charge < -0.3 is 29.4 Å². The Morgan fingerprint density at radius 1 is 1.10 bits per heavy atom. The van der Waals surface area contributed by atoms with Crippen molar-refractivity contribution in [3.63, 3.8) is 0 Å². The van der Waals surface area contributed by atoms with E-state index in [9.17, 15) is 9.18 Å². The Labute approximate surface area is 237 Å². The first-order valence-electron chi connectivity index (χ1n) is 13.6. The number of hydrazone groups is 1. The molecule has 0 unspecified atom stereocenters. The fraction of sp³-hybridized carbons (Fsp3) is 0.300. The van der Waals surface area contributed by atoms with Crippen LogP contribution in [-0.4, -0.2) is 60.5 Å². The fourth-order valence-electron chi connectivity index (χ4n) is 4.67. The number of anilines is 1. The highest BCUT2D eigenvalue weighted by molar-refractivity contribution is 5.90. The maximum absolute atomic E-state index is 14.9. The quantitative estimate of drug-likeness (QED) is 0.119. The van der Waals surface area contributed by atoms with Crippen LogP contribution in [0.2, 0.25) is 0 Å². The number of aromatic nitrogens is 2. The number of likely N-dealkylation sites (tertiary alicyclic amines) is 1. The second kappa shape index (κ2) is 13.6. The largest absolute Gasteiger partial charge is 0.493 e. The summed E-state index contributed by atoms with van der Waals surface area (Å²) in [4.78, 5) is 21.9. The number of nitrogens with zero attached hydrogens (tertiary/aromatic N) is 3. The normalized spacial score (nSPS) is 13.8. The van der Waals surface area contributed by atoms with Crippen LogP contribution < -0.4 is 25.0 Å². The number of carbonyl (C=O) groups is 1. The van der Waals surface area contributed by atoms with Gasteiger partial charge in [-0.15, -0.1) is 0 Å². The molecule has 0 bridgehead atoms. The zero-order chi connectivity index (χ0) is 28.4. The highest BCUT2D eigenvalue weighted by atomic mass is 19.1. The number of halogens is 1. The minimum Gasteiger partial charge on any atom is -0.493 e. The minimum atomic E-state index is -0.650. The molecule has 2 aromatic carbocycles. The smallest absolute Gasteiger partial charge is 0.339 e. The summed E-state index contributed by atoms with van der Waals surface area (Å²) < 4.78 is 32.5. The molecule has 1 fully saturated rings. The molecule has 11 heteroatoms. The molecule has 0 spiro atoms. The number of fused-ring (bicyclic) bond motifs is 1. The molecule has 2 amide bonds. The average molecular weight is 561 g/mol. The van der Waals surface area contributed by atoms with E-state index in [2.05, 4.69) is 30.7 Å². The van der Waals surface area contributed by atoms with E-state index < -0.39 is 11.8 Å². The summed E-state index contributed by atoms with van der Waals surface area (Å²) in [6.45, 7) is 3.90. The van der Waals surface area contributed by atoms with Crippen LogP contribution in [0.3, 0.4) is 0 Å². The van der Waals surface area contributed by atoms with E-state index in [4.69, 9.17) is 14.2 Å². The van der Waals surface area contributed by atoms with Crippen molar-refractivity contribution in [2.75, 3.05) is 38.7 Å². The van der Waals surface area contributed by atoms with E-state index in [0.717, 1.165) is 31.7 Å². The molecule has 2 aromatic heterocycles. The molecule has 0 atom stereocenters. The van der Waals surface area contributed by atoms with Crippen LogP contribution in [0.4, 0.5) is 14.9 Å². The summed E-state index contributed by atoms with van der Waals surface area (Å²) in [6.07, 6.45) is 9.56. The van der Waals surface area contributed by atoms with Crippen molar-refractivity contribution < 1.29 is 23.4 Å². The standard InChI is InChI=1S/C30H33FN6O4/c1-39-28-18-23-25(19-29(28)40-16-6-15-37-13-3-2-4-14-37)33-12-10-26(23)41-27-9-8-21(17-24(27)31)35-30(38)36-34-20-22-7-5-11-32-22/h5,7-12,17-20,32H,2-4,6,13-16H2,1H3,(H2,35,36,38)/b34-20+. The number of carbonyl (C=O) groups excluding carboxylic acids is 1. The Balaban J connectivity index is 1.22. The molecule has 0 radical (unpaired) electrons. The Bertz CT molecular complexity index is 1490. The lowest BCUT2D eigenvalue weighted by Gasteiger charge is -2.26. The topological polar surface area (TPSA) is 113 Å². The van der Waals surface area contributed by atoms with Gasteiger partial charge in [-0.1, -0.05) is 6.42 Å². The number of hydrogen-bond donors (Lipinski definition) is 3. The van der Waals surface area contributed by atoms with E-state index in [-0.39, 0.29) is 11.4 Å². The average Bonchev–Trinajstić information content (AvgIpc) is 3.50. The number of nitrogens with one attached hydrogen (secondary N) is 3. The van der Waals surface area contributed by atoms with Crippen LogP contribution in [0.1, 0.15) is 31.4 Å². The van der Waals surface area contributed by atoms with Crippen molar-refractivity contribution >= 4 is 28.8 Å². The van der Waals surface area contributed by atoms with Crippen molar-refractivity contribution in [2.24, 2.45) is 5.10 Å². The molecule has 10 nitrogen and oxygen atoms in total. The monoisotopic (exact) mass is 560 g/mol. The molecule has 1 aliphatic rings. The van der Waals surface area contributed by atoms with Gasteiger partial charge in [-0.05, 0) is 68.8 Å². The zero-order valence-electron chi connectivity index (χ0n) is 22.9. The van der Waals surface area contributed by atoms with Crippen molar-refractivity contribution in [3.8, 4) is 23.0 Å². The lowest BCUT2D eigenvalue weighted by Crippen LogP contribution is -2.31. The van der Waals surface area contributed by atoms with Crippen LogP contribution in [0.5, 0.6) is 23.0 Å². The zero-order valence-corrected chi connectivity index (χ0v) is 22.9. The molecule has 0 saturated carbocycles. The molecule has 1 aliphatic heterocycles. The van der Waals surface area contributed by atoms with Crippen molar-refractivity contribution in [1.82, 2.24) is 20.3 Å². The van der Waals surface area contributed by atoms with E-state index in [1.165, 1.54) is 43.7 Å². The summed E-state index contributed by atoms with van der Waals surface area (Å²) in [7, 11) is 1.58. The van der Waals surface area contributed by atoms with Gasteiger partial charge in [-0.3, -0.25) is 4.98 Å². The summed E-state index contributed by atoms with van der Waals surface area (Å²) in [6, 6.07) is 12.4. The summed E-state index contributed by atoms with van der Waals surface area (Å²) in [5.41, 5.74) is 3.92. The van der Waals surface area contributed by atoms with Gasteiger partial charge in [0.15, 0.2) is 23.1 Å². The number of rotatable bonds is 11. The van der Waals surface area contributed by atoms with Crippen LogP contribution in [0.25, 0.3) is 10.9 Å². The number of ether oxygens (including phenoxy) is 3. The highest BCUT2D eigenvalue weighted by Gasteiger charge is 2.15. The van der Waals surface area contributed by atoms with Gasteiger partial charge >= 0.3 is 6.03 Å². The number of hydrogen-bond acceptors (Lipinski definition) is 7. The lowest BCUT2D eigenvalue weighted by atomic mass is 10.1. The number of amides is 2. The van der Waals surface area contributed by atoms with Crippen molar-refractivity contribution in [2.45, 2.75) is 25.7 Å². The molecule has 3 N–H and O–H groups in total. The molecular weight excluding hydrogens is 527 g/mol. The van der Waals surface area contributed by atoms with Gasteiger partial charge in [0.2, 0.25) is 0 Å². The molecule has 41 heavy (non-hydrogen) atoms. The molecule has 1 saturated heterocycles. The lowest BCUT2D eigenvalue weighted by molar-refractivity contribution is 0.203. The number of urea groups is 1. The predicted octanol–water partition coefficient (Wildman–Crippen LogP) is 5.91. The maximum Gasteiger partial charge on any atom is 0.339 e. The van der Waals surface area contributed by atoms with Crippen LogP contribution in [0, 0.1) is 5.82 Å².